The van der Waals surface area contributed by atoms with Gasteiger partial charge in [0.2, 0.25) is 0 Å². The molecule has 0 spiro atoms. The molecule has 2 bridgehead atoms. The summed E-state index contributed by atoms with van der Waals surface area (Å²) < 4.78 is 5.71. The van der Waals surface area contributed by atoms with E-state index in [1.807, 2.05) is 0 Å². The zero-order valence-electron chi connectivity index (χ0n) is 6.58. The lowest BCUT2D eigenvalue weighted by Gasteiger charge is -2.31. The molecule has 2 aliphatic rings. The Morgan fingerprint density at radius 2 is 1.60 bits per heavy atom. The van der Waals surface area contributed by atoms with E-state index in [0.717, 1.165) is 11.8 Å². The van der Waals surface area contributed by atoms with E-state index in [0.29, 0.717) is 12.2 Å². The summed E-state index contributed by atoms with van der Waals surface area (Å²) in [4.78, 5) is 0. The van der Waals surface area contributed by atoms with Crippen LogP contribution in [0.5, 0.6) is 0 Å². The number of hydrogen-bond donors (Lipinski definition) is 0. The van der Waals surface area contributed by atoms with Gasteiger partial charge in [-0.25, -0.2) is 0 Å². The highest BCUT2D eigenvalue weighted by Crippen LogP contribution is 2.34. The van der Waals surface area contributed by atoms with Gasteiger partial charge in [-0.15, -0.1) is 0 Å². The van der Waals surface area contributed by atoms with E-state index in [2.05, 4.69) is 26.0 Å². The van der Waals surface area contributed by atoms with Crippen molar-refractivity contribution in [1.82, 2.24) is 0 Å². The molecule has 10 heavy (non-hydrogen) atoms. The molecule has 56 valence electrons. The molecular formula is C9H14O. The molecule has 0 radical (unpaired) electrons. The van der Waals surface area contributed by atoms with Gasteiger partial charge in [-0.2, -0.15) is 0 Å². The monoisotopic (exact) mass is 138 g/mol. The summed E-state index contributed by atoms with van der Waals surface area (Å²) in [6.45, 7) is 4.54. The molecule has 0 aromatic heterocycles. The Labute approximate surface area is 62.1 Å². The summed E-state index contributed by atoms with van der Waals surface area (Å²) in [5.41, 5.74) is 0. The molecule has 1 heteroatoms. The number of hydrogen-bond acceptors (Lipinski definition) is 1. The molecule has 1 nitrogen and oxygen atoms in total. The lowest BCUT2D eigenvalue weighted by Crippen LogP contribution is -2.32. The lowest BCUT2D eigenvalue weighted by molar-refractivity contribution is -0.0432. The van der Waals surface area contributed by atoms with Gasteiger partial charge < -0.3 is 4.74 Å². The molecular weight excluding hydrogens is 124 g/mol. The first kappa shape index (κ1) is 6.41. The van der Waals surface area contributed by atoms with Crippen molar-refractivity contribution in [3.8, 4) is 0 Å². The SMILES string of the molecule is C[C@@H]1C[C@@H](C)[C@H]2C=C[C@@H]1O2. The van der Waals surface area contributed by atoms with Crippen LogP contribution in [0.25, 0.3) is 0 Å². The third kappa shape index (κ3) is 0.807. The summed E-state index contributed by atoms with van der Waals surface area (Å²) >= 11 is 0. The van der Waals surface area contributed by atoms with Crippen molar-refractivity contribution in [3.05, 3.63) is 12.2 Å². The van der Waals surface area contributed by atoms with E-state index in [1.54, 1.807) is 0 Å². The van der Waals surface area contributed by atoms with E-state index in [4.69, 9.17) is 4.74 Å². The van der Waals surface area contributed by atoms with Crippen molar-refractivity contribution in [2.24, 2.45) is 11.8 Å². The van der Waals surface area contributed by atoms with Gasteiger partial charge in [-0.1, -0.05) is 26.0 Å². The predicted molar refractivity (Wildman–Crippen MR) is 40.7 cm³/mol. The highest BCUT2D eigenvalue weighted by molar-refractivity contribution is 5.08. The van der Waals surface area contributed by atoms with Crippen LogP contribution >= 0.6 is 0 Å². The Morgan fingerprint density at radius 3 is 2.10 bits per heavy atom. The van der Waals surface area contributed by atoms with E-state index >= 15 is 0 Å². The Kier molecular flexibility index (Phi) is 1.34. The molecule has 4 atom stereocenters. The zero-order valence-corrected chi connectivity index (χ0v) is 6.58. The van der Waals surface area contributed by atoms with Crippen LogP contribution < -0.4 is 0 Å². The second kappa shape index (κ2) is 2.09. The Hall–Kier alpha value is -0.300. The molecule has 0 aromatic rings. The van der Waals surface area contributed by atoms with E-state index in [1.165, 1.54) is 6.42 Å². The molecule has 2 heterocycles. The molecule has 1 fully saturated rings. The summed E-state index contributed by atoms with van der Waals surface area (Å²) in [5.74, 6) is 1.45. The average Bonchev–Trinajstić information content (AvgIpc) is 2.28. The van der Waals surface area contributed by atoms with Crippen molar-refractivity contribution in [1.29, 1.82) is 0 Å². The van der Waals surface area contributed by atoms with Crippen LogP contribution in [0.2, 0.25) is 0 Å². The van der Waals surface area contributed by atoms with Crippen LogP contribution in [0.3, 0.4) is 0 Å². The first-order chi connectivity index (χ1) is 4.77. The quantitative estimate of drug-likeness (QED) is 0.465. The van der Waals surface area contributed by atoms with Gasteiger partial charge in [0.1, 0.15) is 0 Å². The summed E-state index contributed by atoms with van der Waals surface area (Å²) in [7, 11) is 0. The first-order valence-electron chi connectivity index (χ1n) is 4.11. The topological polar surface area (TPSA) is 9.23 Å². The second-order valence-corrected chi connectivity index (χ2v) is 3.64. The van der Waals surface area contributed by atoms with Crippen molar-refractivity contribution in [2.45, 2.75) is 32.5 Å². The molecule has 0 aromatic carbocycles. The van der Waals surface area contributed by atoms with Crippen molar-refractivity contribution < 1.29 is 4.74 Å². The highest BCUT2D eigenvalue weighted by atomic mass is 16.5. The summed E-state index contributed by atoms with van der Waals surface area (Å²) in [5, 5.41) is 0. The predicted octanol–water partition coefficient (Wildman–Crippen LogP) is 1.99. The van der Waals surface area contributed by atoms with Gasteiger partial charge in [0.15, 0.2) is 0 Å². The van der Waals surface area contributed by atoms with Crippen molar-refractivity contribution in [3.63, 3.8) is 0 Å². The summed E-state index contributed by atoms with van der Waals surface area (Å²) in [6, 6.07) is 0. The zero-order chi connectivity index (χ0) is 7.14. The Bertz CT molecular complexity index is 146. The van der Waals surface area contributed by atoms with Crippen LogP contribution in [0.15, 0.2) is 12.2 Å². The standard InChI is InChI=1S/C9H14O/c1-6-5-7(2)9-4-3-8(6)10-9/h3-4,6-9H,5H2,1-2H3/t6-,7-,8-,9+/m1/s1. The van der Waals surface area contributed by atoms with E-state index in [9.17, 15) is 0 Å². The maximum absolute atomic E-state index is 5.71. The number of fused-ring (bicyclic) bond motifs is 2. The van der Waals surface area contributed by atoms with Gasteiger partial charge in [-0.3, -0.25) is 0 Å². The largest absolute Gasteiger partial charge is 0.366 e. The Balaban J connectivity index is 2.17. The Morgan fingerprint density at radius 1 is 1.10 bits per heavy atom. The third-order valence-electron chi connectivity index (χ3n) is 2.67. The van der Waals surface area contributed by atoms with Crippen LogP contribution in [0, 0.1) is 11.8 Å². The molecule has 0 amide bonds. The fourth-order valence-electron chi connectivity index (χ4n) is 1.99. The fourth-order valence-corrected chi connectivity index (χ4v) is 1.99. The smallest absolute Gasteiger partial charge is 0.0790 e. The number of rotatable bonds is 0. The summed E-state index contributed by atoms with van der Waals surface area (Å²) in [6.07, 6.45) is 6.63. The van der Waals surface area contributed by atoms with E-state index in [-0.39, 0.29) is 0 Å². The molecule has 0 saturated carbocycles. The van der Waals surface area contributed by atoms with Gasteiger partial charge in [0.25, 0.3) is 0 Å². The van der Waals surface area contributed by atoms with E-state index < -0.39 is 0 Å². The fraction of sp³-hybridized carbons (Fsp3) is 0.778. The van der Waals surface area contributed by atoms with Crippen molar-refractivity contribution >= 4 is 0 Å². The van der Waals surface area contributed by atoms with Crippen LogP contribution in [0.1, 0.15) is 20.3 Å². The molecule has 2 aliphatic heterocycles. The van der Waals surface area contributed by atoms with Gasteiger partial charge in [0, 0.05) is 0 Å². The van der Waals surface area contributed by atoms with Crippen LogP contribution in [0.4, 0.5) is 0 Å². The highest BCUT2D eigenvalue weighted by Gasteiger charge is 2.34. The third-order valence-corrected chi connectivity index (χ3v) is 2.67. The van der Waals surface area contributed by atoms with Crippen LogP contribution in [-0.4, -0.2) is 12.2 Å². The minimum absolute atomic E-state index is 0.432. The molecule has 0 N–H and O–H groups in total. The molecule has 0 unspecified atom stereocenters. The second-order valence-electron chi connectivity index (χ2n) is 3.64. The van der Waals surface area contributed by atoms with Crippen molar-refractivity contribution in [2.75, 3.05) is 0 Å². The van der Waals surface area contributed by atoms with Gasteiger partial charge >= 0.3 is 0 Å². The normalized spacial score (nSPS) is 51.8. The minimum atomic E-state index is 0.432. The van der Waals surface area contributed by atoms with Gasteiger partial charge in [0.05, 0.1) is 12.2 Å². The number of ether oxygens (including phenoxy) is 1. The first-order valence-corrected chi connectivity index (χ1v) is 4.11. The maximum Gasteiger partial charge on any atom is 0.0790 e. The van der Waals surface area contributed by atoms with Gasteiger partial charge in [-0.05, 0) is 18.3 Å². The van der Waals surface area contributed by atoms with Crippen LogP contribution in [-0.2, 0) is 4.74 Å². The average molecular weight is 138 g/mol. The maximum atomic E-state index is 5.71. The molecule has 1 saturated heterocycles. The lowest BCUT2D eigenvalue weighted by atomic mass is 9.90. The minimum Gasteiger partial charge on any atom is -0.366 e. The molecule has 2 rings (SSSR count). The molecule has 0 aliphatic carbocycles.